The zero-order valence-corrected chi connectivity index (χ0v) is 29.0. The second-order valence-electron chi connectivity index (χ2n) is 14.1. The third-order valence-corrected chi connectivity index (χ3v) is 11.2. The molecule has 2 aliphatic rings. The fourth-order valence-corrected chi connectivity index (χ4v) is 8.88. The number of nitrogens with zero attached hydrogens (tertiary/aromatic N) is 2. The normalized spacial score (nSPS) is 12.8. The lowest BCUT2D eigenvalue weighted by atomic mass is 9.33. The Balaban J connectivity index is 1.23. The Bertz CT molecular complexity index is 2670. The number of fused-ring (bicyclic) bond motifs is 6. The molecule has 0 N–H and O–H groups in total. The van der Waals surface area contributed by atoms with Crippen molar-refractivity contribution in [3.63, 3.8) is 0 Å². The van der Waals surface area contributed by atoms with Crippen molar-refractivity contribution in [1.29, 1.82) is 0 Å². The monoisotopic (exact) mass is 672 g/mol. The van der Waals surface area contributed by atoms with Gasteiger partial charge in [0.25, 0.3) is 6.71 Å². The Hall–Kier alpha value is -6.84. The predicted octanol–water partition coefficient (Wildman–Crippen LogP) is 11.4. The van der Waals surface area contributed by atoms with E-state index in [0.29, 0.717) is 0 Å². The Kier molecular flexibility index (Phi) is 6.68. The minimum atomic E-state index is 0.0716. The molecule has 0 saturated heterocycles. The molecule has 2 heterocycles. The van der Waals surface area contributed by atoms with Crippen LogP contribution in [0.5, 0.6) is 0 Å². The van der Waals surface area contributed by atoms with E-state index in [9.17, 15) is 0 Å². The summed E-state index contributed by atoms with van der Waals surface area (Å²) in [4.78, 5) is 5.06. The van der Waals surface area contributed by atoms with Gasteiger partial charge in [0, 0.05) is 33.9 Å². The van der Waals surface area contributed by atoms with Crippen molar-refractivity contribution in [3.8, 4) is 22.3 Å². The van der Waals surface area contributed by atoms with Gasteiger partial charge in [-0.3, -0.25) is 0 Å². The first kappa shape index (κ1) is 29.9. The van der Waals surface area contributed by atoms with Crippen molar-refractivity contribution in [2.75, 3.05) is 9.80 Å². The van der Waals surface area contributed by atoms with Crippen LogP contribution >= 0.6 is 0 Å². The zero-order valence-electron chi connectivity index (χ0n) is 29.0. The highest BCUT2D eigenvalue weighted by Crippen LogP contribution is 2.49. The molecule has 11 rings (SSSR count). The third kappa shape index (κ3) is 4.61. The molecule has 0 atom stereocenters. The maximum Gasteiger partial charge on any atom is 0.252 e. The molecule has 0 saturated carbocycles. The van der Waals surface area contributed by atoms with E-state index in [1.807, 2.05) is 0 Å². The first-order chi connectivity index (χ1) is 26.3. The Morgan fingerprint density at radius 3 is 1.09 bits per heavy atom. The zero-order chi connectivity index (χ0) is 34.9. The van der Waals surface area contributed by atoms with Crippen LogP contribution in [0.25, 0.3) is 43.8 Å². The van der Waals surface area contributed by atoms with Crippen molar-refractivity contribution in [2.24, 2.45) is 0 Å². The average molecular weight is 673 g/mol. The van der Waals surface area contributed by atoms with Gasteiger partial charge in [-0.05, 0) is 97.6 Å². The molecule has 2 aliphatic heterocycles. The lowest BCUT2D eigenvalue weighted by Gasteiger charge is -2.44. The molecule has 9 aromatic rings. The Morgan fingerprint density at radius 2 is 0.642 bits per heavy atom. The van der Waals surface area contributed by atoms with Crippen LogP contribution in [-0.4, -0.2) is 6.71 Å². The first-order valence-corrected chi connectivity index (χ1v) is 18.4. The highest BCUT2D eigenvalue weighted by Gasteiger charge is 2.43. The summed E-state index contributed by atoms with van der Waals surface area (Å²) in [5, 5.41) is 4.92. The maximum absolute atomic E-state index is 2.53. The molecule has 0 amide bonds. The van der Waals surface area contributed by atoms with Crippen molar-refractivity contribution in [2.45, 2.75) is 0 Å². The number of benzene rings is 9. The van der Waals surface area contributed by atoms with Crippen LogP contribution < -0.4 is 26.2 Å². The minimum Gasteiger partial charge on any atom is -0.311 e. The van der Waals surface area contributed by atoms with E-state index < -0.39 is 0 Å². The molecule has 0 radical (unpaired) electrons. The summed E-state index contributed by atoms with van der Waals surface area (Å²) in [7, 11) is 0. The third-order valence-electron chi connectivity index (χ3n) is 11.2. The number of rotatable bonds is 4. The van der Waals surface area contributed by atoms with Crippen LogP contribution in [0.3, 0.4) is 0 Å². The summed E-state index contributed by atoms with van der Waals surface area (Å²) in [5.74, 6) is 0. The smallest absolute Gasteiger partial charge is 0.252 e. The lowest BCUT2D eigenvalue weighted by Crippen LogP contribution is -2.61. The van der Waals surface area contributed by atoms with Crippen LogP contribution in [0.1, 0.15) is 0 Å². The fourth-order valence-electron chi connectivity index (χ4n) is 8.88. The summed E-state index contributed by atoms with van der Waals surface area (Å²) in [6, 6.07) is 73.6. The van der Waals surface area contributed by atoms with Gasteiger partial charge < -0.3 is 9.80 Å². The van der Waals surface area contributed by atoms with Crippen molar-refractivity contribution in [3.05, 3.63) is 200 Å². The van der Waals surface area contributed by atoms with Crippen LogP contribution in [0, 0.1) is 0 Å². The highest BCUT2D eigenvalue weighted by molar-refractivity contribution is 7.00. The second-order valence-corrected chi connectivity index (χ2v) is 14.1. The second kappa shape index (κ2) is 11.9. The molecule has 0 spiro atoms. The van der Waals surface area contributed by atoms with Gasteiger partial charge in [0.1, 0.15) is 0 Å². The highest BCUT2D eigenvalue weighted by atomic mass is 15.2. The minimum absolute atomic E-state index is 0.0716. The summed E-state index contributed by atoms with van der Waals surface area (Å²) < 4.78 is 0. The average Bonchev–Trinajstić information content (AvgIpc) is 3.23. The van der Waals surface area contributed by atoms with Crippen molar-refractivity contribution < 1.29 is 0 Å². The molecule has 2 nitrogen and oxygen atoms in total. The fraction of sp³-hybridized carbons (Fsp3) is 0. The Labute approximate surface area is 309 Å². The molecule has 0 fully saturated rings. The van der Waals surface area contributed by atoms with Gasteiger partial charge >= 0.3 is 0 Å². The number of para-hydroxylation sites is 2. The van der Waals surface area contributed by atoms with Gasteiger partial charge in [0.2, 0.25) is 0 Å². The van der Waals surface area contributed by atoms with Crippen LogP contribution in [0.4, 0.5) is 34.1 Å². The molecule has 0 unspecified atom stereocenters. The molecule has 246 valence electrons. The molecule has 0 aromatic heterocycles. The van der Waals surface area contributed by atoms with E-state index in [2.05, 4.69) is 210 Å². The number of hydrogen-bond donors (Lipinski definition) is 0. The van der Waals surface area contributed by atoms with Crippen molar-refractivity contribution in [1.82, 2.24) is 0 Å². The molecule has 9 aromatic carbocycles. The summed E-state index contributed by atoms with van der Waals surface area (Å²) in [5.41, 5.74) is 16.0. The van der Waals surface area contributed by atoms with Gasteiger partial charge in [0.15, 0.2) is 0 Å². The molecular weight excluding hydrogens is 639 g/mol. The molecular formula is C50H33BN2. The van der Waals surface area contributed by atoms with E-state index in [1.165, 1.54) is 94.3 Å². The van der Waals surface area contributed by atoms with Gasteiger partial charge in [-0.1, -0.05) is 152 Å². The van der Waals surface area contributed by atoms with Crippen LogP contribution in [-0.2, 0) is 0 Å². The maximum atomic E-state index is 2.53. The van der Waals surface area contributed by atoms with Gasteiger partial charge in [-0.15, -0.1) is 0 Å². The number of anilines is 6. The Morgan fingerprint density at radius 1 is 0.283 bits per heavy atom. The largest absolute Gasteiger partial charge is 0.311 e. The van der Waals surface area contributed by atoms with Crippen molar-refractivity contribution >= 4 is 78.8 Å². The first-order valence-electron chi connectivity index (χ1n) is 18.4. The predicted molar refractivity (Wildman–Crippen MR) is 226 cm³/mol. The number of hydrogen-bond acceptors (Lipinski definition) is 2. The summed E-state index contributed by atoms with van der Waals surface area (Å²) >= 11 is 0. The van der Waals surface area contributed by atoms with E-state index >= 15 is 0 Å². The molecule has 3 heteroatoms. The van der Waals surface area contributed by atoms with E-state index in [1.54, 1.807) is 0 Å². The SMILES string of the molecule is c1ccc(-c2cc3ccccc3cc2N2c3ccccc3B3c4ccccc4N(c4cc5ccccc5cc4-c4ccccc4)c4cccc2c43)cc1. The van der Waals surface area contributed by atoms with E-state index in [4.69, 9.17) is 0 Å². The molecule has 0 aliphatic carbocycles. The van der Waals surface area contributed by atoms with Gasteiger partial charge in [-0.2, -0.15) is 0 Å². The van der Waals surface area contributed by atoms with E-state index in [-0.39, 0.29) is 6.71 Å². The van der Waals surface area contributed by atoms with Crippen LogP contribution in [0.2, 0.25) is 0 Å². The standard InChI is InChI=1S/C50H33BN2/c1-3-16-34(17-4-1)40-30-36-20-7-9-22-38(36)32-48(40)52-44-26-13-11-24-42(44)51-43-25-12-14-27-45(43)53(47-29-15-28-46(52)50(47)51)49-33-39-23-10-8-21-37(39)31-41(49)35-18-5-2-6-19-35/h1-33H. The summed E-state index contributed by atoms with van der Waals surface area (Å²) in [6.45, 7) is 0.0716. The van der Waals surface area contributed by atoms with Gasteiger partial charge in [0.05, 0.1) is 11.4 Å². The van der Waals surface area contributed by atoms with Gasteiger partial charge in [-0.25, -0.2) is 0 Å². The topological polar surface area (TPSA) is 6.48 Å². The van der Waals surface area contributed by atoms with Crippen LogP contribution in [0.15, 0.2) is 200 Å². The lowest BCUT2D eigenvalue weighted by molar-refractivity contribution is 1.26. The molecule has 0 bridgehead atoms. The summed E-state index contributed by atoms with van der Waals surface area (Å²) in [6.07, 6.45) is 0. The quantitative estimate of drug-likeness (QED) is 0.172. The molecule has 53 heavy (non-hydrogen) atoms. The van der Waals surface area contributed by atoms with E-state index in [0.717, 1.165) is 0 Å².